The monoisotopic (exact) mass is 391 g/mol. The molecule has 5 N–H and O–H groups in total. The Morgan fingerprint density at radius 1 is 1.28 bits per heavy atom. The molecule has 2 amide bonds. The highest BCUT2D eigenvalue weighted by Crippen LogP contribution is 2.36. The third kappa shape index (κ3) is 5.95. The van der Waals surface area contributed by atoms with Crippen LogP contribution in [0.25, 0.3) is 0 Å². The second-order valence-electron chi connectivity index (χ2n) is 5.83. The van der Waals surface area contributed by atoms with Crippen LogP contribution in [0.5, 0.6) is 11.5 Å². The number of benzene rings is 1. The van der Waals surface area contributed by atoms with Crippen molar-refractivity contribution < 1.29 is 19.1 Å². The van der Waals surface area contributed by atoms with E-state index < -0.39 is 5.91 Å². The topological polar surface area (TPSA) is 117 Å². The van der Waals surface area contributed by atoms with Gasteiger partial charge in [-0.1, -0.05) is 11.6 Å². The lowest BCUT2D eigenvalue weighted by atomic mass is 9.91. The second kappa shape index (κ2) is 9.70. The summed E-state index contributed by atoms with van der Waals surface area (Å²) >= 11 is 6.15. The Labute approximate surface area is 157 Å². The minimum atomic E-state index is -0.634. The molecular formula is C16H23Cl2N3O4. The van der Waals surface area contributed by atoms with Crippen molar-refractivity contribution in [2.75, 3.05) is 13.7 Å². The molecule has 1 aromatic rings. The van der Waals surface area contributed by atoms with Crippen LogP contribution in [0, 0.1) is 0 Å². The first-order valence-corrected chi connectivity index (χ1v) is 8.13. The van der Waals surface area contributed by atoms with E-state index in [0.717, 1.165) is 25.7 Å². The van der Waals surface area contributed by atoms with E-state index in [0.29, 0.717) is 5.56 Å². The first kappa shape index (κ1) is 21.3. The number of primary amides is 1. The van der Waals surface area contributed by atoms with Gasteiger partial charge in [0.15, 0.2) is 18.1 Å². The fourth-order valence-electron chi connectivity index (χ4n) is 2.67. The van der Waals surface area contributed by atoms with Crippen LogP contribution in [0.15, 0.2) is 12.1 Å². The van der Waals surface area contributed by atoms with Crippen LogP contribution in [0.2, 0.25) is 5.02 Å². The molecule has 0 saturated heterocycles. The molecule has 140 valence electrons. The number of hydrogen-bond donors (Lipinski definition) is 3. The summed E-state index contributed by atoms with van der Waals surface area (Å²) in [6.07, 6.45) is 3.51. The Bertz CT molecular complexity index is 620. The number of carbonyl (C=O) groups excluding carboxylic acids is 2. The molecule has 1 aliphatic rings. The molecule has 9 heteroatoms. The number of carbonyl (C=O) groups is 2. The maximum Gasteiger partial charge on any atom is 0.255 e. The van der Waals surface area contributed by atoms with Gasteiger partial charge in [0.1, 0.15) is 0 Å². The van der Waals surface area contributed by atoms with E-state index in [1.807, 2.05) is 0 Å². The van der Waals surface area contributed by atoms with Gasteiger partial charge in [0.25, 0.3) is 11.8 Å². The minimum absolute atomic E-state index is 0. The number of halogens is 2. The molecule has 0 aliphatic heterocycles. The van der Waals surface area contributed by atoms with Crippen molar-refractivity contribution in [1.29, 1.82) is 0 Å². The molecule has 0 heterocycles. The van der Waals surface area contributed by atoms with Gasteiger partial charge in [-0.2, -0.15) is 0 Å². The van der Waals surface area contributed by atoms with Gasteiger partial charge in [0, 0.05) is 17.6 Å². The molecule has 0 spiro atoms. The van der Waals surface area contributed by atoms with E-state index in [2.05, 4.69) is 5.32 Å². The molecule has 0 radical (unpaired) electrons. The molecule has 1 aliphatic carbocycles. The van der Waals surface area contributed by atoms with Crippen LogP contribution in [0.3, 0.4) is 0 Å². The third-order valence-electron chi connectivity index (χ3n) is 3.96. The number of ether oxygens (including phenoxy) is 2. The fourth-order valence-corrected chi connectivity index (χ4v) is 2.93. The summed E-state index contributed by atoms with van der Waals surface area (Å²) in [6.45, 7) is -0.329. The summed E-state index contributed by atoms with van der Waals surface area (Å²) in [5.41, 5.74) is 11.3. The van der Waals surface area contributed by atoms with E-state index in [1.54, 1.807) is 0 Å². The fraction of sp³-hybridized carbons (Fsp3) is 0.500. The molecule has 0 bridgehead atoms. The lowest BCUT2D eigenvalue weighted by Crippen LogP contribution is -2.40. The van der Waals surface area contributed by atoms with Crippen molar-refractivity contribution in [1.82, 2.24) is 5.32 Å². The summed E-state index contributed by atoms with van der Waals surface area (Å²) in [7, 11) is 1.42. The lowest BCUT2D eigenvalue weighted by Gasteiger charge is -2.27. The molecule has 1 fully saturated rings. The average molecular weight is 392 g/mol. The lowest BCUT2D eigenvalue weighted by molar-refractivity contribution is -0.119. The van der Waals surface area contributed by atoms with Crippen molar-refractivity contribution in [3.63, 3.8) is 0 Å². The van der Waals surface area contributed by atoms with Gasteiger partial charge in [0.05, 0.1) is 12.1 Å². The summed E-state index contributed by atoms with van der Waals surface area (Å²) < 4.78 is 10.4. The van der Waals surface area contributed by atoms with Gasteiger partial charge in [-0.05, 0) is 37.8 Å². The van der Waals surface area contributed by atoms with E-state index in [-0.39, 0.29) is 53.5 Å². The van der Waals surface area contributed by atoms with Crippen LogP contribution in [0.4, 0.5) is 0 Å². The van der Waals surface area contributed by atoms with Gasteiger partial charge in [-0.15, -0.1) is 12.4 Å². The van der Waals surface area contributed by atoms with Crippen molar-refractivity contribution in [2.24, 2.45) is 11.5 Å². The number of nitrogens with one attached hydrogen (secondary N) is 1. The molecule has 0 aromatic heterocycles. The Kier molecular flexibility index (Phi) is 8.28. The first-order valence-electron chi connectivity index (χ1n) is 7.75. The highest BCUT2D eigenvalue weighted by atomic mass is 35.5. The van der Waals surface area contributed by atoms with Gasteiger partial charge in [-0.25, -0.2) is 0 Å². The van der Waals surface area contributed by atoms with Crippen LogP contribution < -0.4 is 26.3 Å². The standard InChI is InChI=1S/C16H22ClN3O4.ClH/c1-23-13-7-9(6-12(17)15(13)24-8-14(19)21)16(22)20-11-4-2-10(18)3-5-11;/h6-7,10-11H,2-5,8,18H2,1H3,(H2,19,21)(H,20,22);1H. The molecule has 1 aromatic carbocycles. The first-order chi connectivity index (χ1) is 11.4. The molecule has 7 nitrogen and oxygen atoms in total. The zero-order valence-corrected chi connectivity index (χ0v) is 15.5. The van der Waals surface area contributed by atoms with Gasteiger partial charge < -0.3 is 26.3 Å². The van der Waals surface area contributed by atoms with Crippen molar-refractivity contribution in [3.05, 3.63) is 22.7 Å². The number of nitrogens with two attached hydrogens (primary N) is 2. The van der Waals surface area contributed by atoms with Crippen molar-refractivity contribution in [3.8, 4) is 11.5 Å². The van der Waals surface area contributed by atoms with E-state index >= 15 is 0 Å². The van der Waals surface area contributed by atoms with E-state index in [9.17, 15) is 9.59 Å². The highest BCUT2D eigenvalue weighted by molar-refractivity contribution is 6.32. The zero-order valence-electron chi connectivity index (χ0n) is 13.9. The maximum absolute atomic E-state index is 12.4. The van der Waals surface area contributed by atoms with Crippen LogP contribution in [0.1, 0.15) is 36.0 Å². The average Bonchev–Trinajstić information content (AvgIpc) is 2.54. The minimum Gasteiger partial charge on any atom is -0.493 e. The van der Waals surface area contributed by atoms with E-state index in [1.165, 1.54) is 19.2 Å². The number of hydrogen-bond acceptors (Lipinski definition) is 5. The molecule has 25 heavy (non-hydrogen) atoms. The van der Waals surface area contributed by atoms with Crippen LogP contribution >= 0.6 is 24.0 Å². The highest BCUT2D eigenvalue weighted by Gasteiger charge is 2.22. The Morgan fingerprint density at radius 2 is 1.92 bits per heavy atom. The predicted octanol–water partition coefficient (Wildman–Crippen LogP) is 1.63. The summed E-state index contributed by atoms with van der Waals surface area (Å²) in [6, 6.07) is 3.32. The molecule has 1 saturated carbocycles. The SMILES string of the molecule is COc1cc(C(=O)NC2CCC(N)CC2)cc(Cl)c1OCC(N)=O.Cl. The Balaban J connectivity index is 0.00000312. The Morgan fingerprint density at radius 3 is 2.48 bits per heavy atom. The molecule has 2 rings (SSSR count). The normalized spacial score (nSPS) is 19.5. The molecule has 0 atom stereocenters. The maximum atomic E-state index is 12.4. The van der Waals surface area contributed by atoms with Gasteiger partial charge in [0.2, 0.25) is 0 Å². The summed E-state index contributed by atoms with van der Waals surface area (Å²) in [5.74, 6) is -0.430. The Hall–Kier alpha value is -1.70. The summed E-state index contributed by atoms with van der Waals surface area (Å²) in [5, 5.41) is 3.15. The molecular weight excluding hydrogens is 369 g/mol. The zero-order chi connectivity index (χ0) is 17.7. The number of amides is 2. The van der Waals surface area contributed by atoms with Crippen LogP contribution in [-0.4, -0.2) is 37.6 Å². The quantitative estimate of drug-likeness (QED) is 0.681. The largest absolute Gasteiger partial charge is 0.493 e. The van der Waals surface area contributed by atoms with E-state index in [4.69, 9.17) is 32.5 Å². The van der Waals surface area contributed by atoms with Crippen molar-refractivity contribution >= 4 is 35.8 Å². The van der Waals surface area contributed by atoms with Crippen LogP contribution in [-0.2, 0) is 4.79 Å². The number of methoxy groups -OCH3 is 1. The third-order valence-corrected chi connectivity index (χ3v) is 4.24. The summed E-state index contributed by atoms with van der Waals surface area (Å²) in [4.78, 5) is 23.3. The van der Waals surface area contributed by atoms with Crippen molar-refractivity contribution in [2.45, 2.75) is 37.8 Å². The number of rotatable bonds is 6. The predicted molar refractivity (Wildman–Crippen MR) is 97.6 cm³/mol. The molecule has 0 unspecified atom stereocenters. The van der Waals surface area contributed by atoms with Gasteiger partial charge >= 0.3 is 0 Å². The smallest absolute Gasteiger partial charge is 0.255 e. The van der Waals surface area contributed by atoms with Gasteiger partial charge in [-0.3, -0.25) is 9.59 Å². The second-order valence-corrected chi connectivity index (χ2v) is 6.24.